The number of fused-ring (bicyclic) bond motifs is 3. The minimum Gasteiger partial charge on any atom is -0.480 e. The molecule has 65 heavy (non-hydrogen) atoms. The van der Waals surface area contributed by atoms with Crippen LogP contribution in [0.15, 0.2) is 48.5 Å². The van der Waals surface area contributed by atoms with Crippen LogP contribution in [0.3, 0.4) is 0 Å². The lowest BCUT2D eigenvalue weighted by atomic mass is 9.98. The molecular weight excluding hydrogens is 869 g/mol. The zero-order chi connectivity index (χ0) is 47.1. The summed E-state index contributed by atoms with van der Waals surface area (Å²) >= 11 is 0. The van der Waals surface area contributed by atoms with Gasteiger partial charge in [0.1, 0.15) is 43.1 Å². The molecule has 19 nitrogen and oxygen atoms in total. The van der Waals surface area contributed by atoms with Gasteiger partial charge in [-0.15, -0.1) is 0 Å². The number of carboxylic acid groups (broad SMARTS) is 1. The molecule has 1 aliphatic carbocycles. The van der Waals surface area contributed by atoms with E-state index in [2.05, 4.69) is 21.3 Å². The van der Waals surface area contributed by atoms with Crippen LogP contribution >= 0.6 is 13.5 Å². The van der Waals surface area contributed by atoms with Gasteiger partial charge >= 0.3 is 24.0 Å². The first-order valence-electron chi connectivity index (χ1n) is 21.3. The number of nitrogens with one attached hydrogen (secondary N) is 4. The molecule has 2 aromatic rings. The highest BCUT2D eigenvalue weighted by Crippen LogP contribution is 2.44. The average Bonchev–Trinajstić information content (AvgIpc) is 3.54. The fourth-order valence-corrected chi connectivity index (χ4v) is 6.27. The van der Waals surface area contributed by atoms with Crippen LogP contribution in [0.25, 0.3) is 11.1 Å². The summed E-state index contributed by atoms with van der Waals surface area (Å²) in [4.78, 5) is 87.7. The number of amides is 4. The quantitative estimate of drug-likeness (QED) is 0.0467. The minimum atomic E-state index is -1.26. The standard InChI is InChI=1S/C45H64N4O15.H2S/c1-44(2,3)63-41(55)35(15-17-37(50)46-19-21-58-23-25-60-28-39(52)47-20-22-59-24-26-61-29-40(53)54)48-38(51)18-16-36(42(56)64-45(4,5)6)49-43(57)62-27-34-32-13-9-7-11-30(32)31-12-8-10-14-33(31)34;/h7-14,34-36H,15-29H2,1-6H3,(H,46,50)(H,47,52)(H,48,51)(H,49,57)(H,53,54);1H2/t35-,36-;/m0./s1. The topological polar surface area (TPSA) is 252 Å². The Kier molecular flexibility index (Phi) is 24.6. The molecular formula is C45H66N4O15S. The lowest BCUT2D eigenvalue weighted by Gasteiger charge is -2.26. The zero-order valence-corrected chi connectivity index (χ0v) is 39.1. The third kappa shape index (κ3) is 22.5. The number of esters is 2. The highest BCUT2D eigenvalue weighted by Gasteiger charge is 2.32. The molecule has 0 aliphatic heterocycles. The van der Waals surface area contributed by atoms with Gasteiger partial charge in [-0.1, -0.05) is 48.5 Å². The van der Waals surface area contributed by atoms with Crippen molar-refractivity contribution < 1.29 is 71.8 Å². The minimum absolute atomic E-state index is 0. The van der Waals surface area contributed by atoms with Crippen molar-refractivity contribution in [2.45, 2.75) is 96.4 Å². The molecule has 0 aromatic heterocycles. The molecule has 0 radical (unpaired) electrons. The van der Waals surface area contributed by atoms with E-state index >= 15 is 0 Å². The van der Waals surface area contributed by atoms with Crippen LogP contribution in [0.1, 0.15) is 84.3 Å². The number of ether oxygens (including phenoxy) is 7. The summed E-state index contributed by atoms with van der Waals surface area (Å²) in [5.41, 5.74) is 2.37. The number of benzene rings is 2. The van der Waals surface area contributed by atoms with Crippen LogP contribution in [-0.2, 0) is 61.9 Å². The number of aliphatic carboxylic acids is 1. The second-order valence-electron chi connectivity index (χ2n) is 16.7. The molecule has 0 heterocycles. The summed E-state index contributed by atoms with van der Waals surface area (Å²) < 4.78 is 37.4. The number of alkyl carbamates (subject to hydrolysis) is 1. The Morgan fingerprint density at radius 3 is 1.54 bits per heavy atom. The number of carbonyl (C=O) groups excluding carboxylic acids is 6. The van der Waals surface area contributed by atoms with Crippen LogP contribution < -0.4 is 21.3 Å². The maximum Gasteiger partial charge on any atom is 0.407 e. The molecule has 0 bridgehead atoms. The number of hydrogen-bond acceptors (Lipinski definition) is 14. The van der Waals surface area contributed by atoms with Crippen molar-refractivity contribution in [2.75, 3.05) is 72.6 Å². The van der Waals surface area contributed by atoms with Crippen molar-refractivity contribution in [1.29, 1.82) is 0 Å². The molecule has 362 valence electrons. The van der Waals surface area contributed by atoms with Crippen LogP contribution in [0, 0.1) is 0 Å². The summed E-state index contributed by atoms with van der Waals surface area (Å²) in [6, 6.07) is 13.3. The molecule has 2 aromatic carbocycles. The van der Waals surface area contributed by atoms with E-state index in [1.165, 1.54) is 0 Å². The van der Waals surface area contributed by atoms with Gasteiger partial charge in [0, 0.05) is 31.8 Å². The first kappa shape index (κ1) is 55.9. The molecule has 0 saturated heterocycles. The zero-order valence-electron chi connectivity index (χ0n) is 38.1. The number of carbonyl (C=O) groups is 7. The number of rotatable bonds is 28. The van der Waals surface area contributed by atoms with E-state index in [1.54, 1.807) is 41.5 Å². The molecule has 2 atom stereocenters. The third-order valence-electron chi connectivity index (χ3n) is 9.01. The summed E-state index contributed by atoms with van der Waals surface area (Å²) in [6.07, 6.45) is -1.58. The second-order valence-corrected chi connectivity index (χ2v) is 16.7. The summed E-state index contributed by atoms with van der Waals surface area (Å²) in [6.45, 7) is 10.8. The predicted octanol–water partition coefficient (Wildman–Crippen LogP) is 3.12. The lowest BCUT2D eigenvalue weighted by molar-refractivity contribution is -0.160. The maximum absolute atomic E-state index is 13.3. The Balaban J connectivity index is 0.0000145. The summed E-state index contributed by atoms with van der Waals surface area (Å²) in [5, 5.41) is 19.0. The van der Waals surface area contributed by atoms with Crippen LogP contribution in [0.2, 0.25) is 0 Å². The fraction of sp³-hybridized carbons (Fsp3) is 0.578. The Morgan fingerprint density at radius 1 is 0.585 bits per heavy atom. The fourth-order valence-electron chi connectivity index (χ4n) is 6.27. The van der Waals surface area contributed by atoms with Crippen molar-refractivity contribution >= 4 is 55.2 Å². The number of carboxylic acids is 1. The van der Waals surface area contributed by atoms with Crippen LogP contribution in [-0.4, -0.2) is 143 Å². The summed E-state index contributed by atoms with van der Waals surface area (Å²) in [5.74, 6) is -4.19. The Bertz CT molecular complexity index is 1820. The van der Waals surface area contributed by atoms with Gasteiger partial charge in [0.05, 0.1) is 39.6 Å². The molecule has 0 fully saturated rings. The normalized spacial score (nSPS) is 12.9. The second kappa shape index (κ2) is 28.6. The lowest BCUT2D eigenvalue weighted by Crippen LogP contribution is -2.47. The average molecular weight is 935 g/mol. The van der Waals surface area contributed by atoms with Gasteiger partial charge in [-0.3, -0.25) is 14.4 Å². The predicted molar refractivity (Wildman–Crippen MR) is 241 cm³/mol. The molecule has 0 unspecified atom stereocenters. The van der Waals surface area contributed by atoms with Gasteiger partial charge in [-0.2, -0.15) is 13.5 Å². The molecule has 20 heteroatoms. The van der Waals surface area contributed by atoms with E-state index in [0.29, 0.717) is 0 Å². The highest BCUT2D eigenvalue weighted by molar-refractivity contribution is 7.59. The molecule has 5 N–H and O–H groups in total. The van der Waals surface area contributed by atoms with E-state index in [1.807, 2.05) is 48.5 Å². The largest absolute Gasteiger partial charge is 0.480 e. The van der Waals surface area contributed by atoms with Gasteiger partial charge in [0.25, 0.3) is 0 Å². The van der Waals surface area contributed by atoms with Crippen LogP contribution in [0.5, 0.6) is 0 Å². The van der Waals surface area contributed by atoms with Crippen molar-refractivity contribution in [3.63, 3.8) is 0 Å². The van der Waals surface area contributed by atoms with Crippen molar-refractivity contribution in [2.24, 2.45) is 0 Å². The highest BCUT2D eigenvalue weighted by atomic mass is 32.1. The first-order valence-corrected chi connectivity index (χ1v) is 21.3. The first-order chi connectivity index (χ1) is 30.3. The van der Waals surface area contributed by atoms with Crippen molar-refractivity contribution in [1.82, 2.24) is 21.3 Å². The smallest absolute Gasteiger partial charge is 0.407 e. The third-order valence-corrected chi connectivity index (χ3v) is 9.01. The molecule has 4 amide bonds. The Labute approximate surface area is 387 Å². The maximum atomic E-state index is 13.3. The van der Waals surface area contributed by atoms with E-state index in [9.17, 15) is 33.6 Å². The summed E-state index contributed by atoms with van der Waals surface area (Å²) in [7, 11) is 0. The molecule has 0 saturated carbocycles. The van der Waals surface area contributed by atoms with Gasteiger partial charge < -0.3 is 59.5 Å². The molecule has 0 spiro atoms. The monoisotopic (exact) mass is 934 g/mol. The Hall–Kier alpha value is -5.28. The number of hydrogen-bond donors (Lipinski definition) is 5. The van der Waals surface area contributed by atoms with E-state index in [-0.39, 0.29) is 117 Å². The van der Waals surface area contributed by atoms with Gasteiger partial charge in [-0.25, -0.2) is 19.2 Å². The van der Waals surface area contributed by atoms with Crippen molar-refractivity contribution in [3.05, 3.63) is 59.7 Å². The van der Waals surface area contributed by atoms with Gasteiger partial charge in [0.15, 0.2) is 0 Å². The van der Waals surface area contributed by atoms with Gasteiger partial charge in [-0.05, 0) is 76.6 Å². The van der Waals surface area contributed by atoms with E-state index in [4.69, 9.17) is 38.3 Å². The van der Waals surface area contributed by atoms with E-state index < -0.39 is 65.7 Å². The Morgan fingerprint density at radius 2 is 1.03 bits per heavy atom. The van der Waals surface area contributed by atoms with Gasteiger partial charge in [0.2, 0.25) is 17.7 Å². The van der Waals surface area contributed by atoms with E-state index in [0.717, 1.165) is 22.3 Å². The SMILES string of the molecule is CC(C)(C)OC(=O)[C@H](CCC(=O)NCCOCCOCC(=O)NCCOCCOCC(=O)O)NC(=O)CC[C@H](NC(=O)OCC1c2ccccc2-c2ccccc21)C(=O)OC(C)(C)C.S. The van der Waals surface area contributed by atoms with Crippen LogP contribution in [0.4, 0.5) is 4.79 Å². The van der Waals surface area contributed by atoms with Crippen molar-refractivity contribution in [3.8, 4) is 11.1 Å². The molecule has 3 rings (SSSR count). The molecule has 1 aliphatic rings.